The minimum Gasteiger partial charge on any atom is -0.321 e. The Hall–Kier alpha value is -0.600. The second-order valence-electron chi connectivity index (χ2n) is 3.63. The topological polar surface area (TPSA) is 26.0 Å². The molecule has 1 aromatic carbocycles. The molecular formula is C10H11ClFN. The summed E-state index contributed by atoms with van der Waals surface area (Å²) in [5.74, 6) is -0.283. The van der Waals surface area contributed by atoms with E-state index in [4.69, 9.17) is 17.3 Å². The molecule has 1 fully saturated rings. The quantitative estimate of drug-likeness (QED) is 0.740. The van der Waals surface area contributed by atoms with Crippen molar-refractivity contribution in [3.05, 3.63) is 34.6 Å². The predicted octanol–water partition coefficient (Wildman–Crippen LogP) is 2.82. The standard InChI is InChI=1S/C10H11ClFN/c11-7-2-3-8(9(12)6-7)10(13)4-1-5-10/h2-3,6H,1,4-5,13H2. The number of hydrogen-bond acceptors (Lipinski definition) is 1. The van der Waals surface area contributed by atoms with E-state index in [1.54, 1.807) is 12.1 Å². The molecule has 0 bridgehead atoms. The average molecular weight is 200 g/mol. The van der Waals surface area contributed by atoms with Crippen LogP contribution in [-0.4, -0.2) is 0 Å². The van der Waals surface area contributed by atoms with Crippen LogP contribution in [0.2, 0.25) is 5.02 Å². The second kappa shape index (κ2) is 2.96. The maximum absolute atomic E-state index is 13.4. The van der Waals surface area contributed by atoms with Crippen LogP contribution in [0.5, 0.6) is 0 Å². The van der Waals surface area contributed by atoms with E-state index in [2.05, 4.69) is 0 Å². The molecule has 0 unspecified atom stereocenters. The van der Waals surface area contributed by atoms with Crippen molar-refractivity contribution < 1.29 is 4.39 Å². The summed E-state index contributed by atoms with van der Waals surface area (Å²) in [5, 5.41) is 0.421. The van der Waals surface area contributed by atoms with Crippen LogP contribution < -0.4 is 5.73 Å². The summed E-state index contributed by atoms with van der Waals surface area (Å²) in [6, 6.07) is 4.70. The van der Waals surface area contributed by atoms with Gasteiger partial charge in [0, 0.05) is 16.1 Å². The molecule has 0 aromatic heterocycles. The highest BCUT2D eigenvalue weighted by Crippen LogP contribution is 2.40. The summed E-state index contributed by atoms with van der Waals surface area (Å²) < 4.78 is 13.4. The smallest absolute Gasteiger partial charge is 0.129 e. The van der Waals surface area contributed by atoms with Gasteiger partial charge >= 0.3 is 0 Å². The molecule has 2 rings (SSSR count). The highest BCUT2D eigenvalue weighted by atomic mass is 35.5. The van der Waals surface area contributed by atoms with Crippen LogP contribution in [0.15, 0.2) is 18.2 Å². The molecule has 3 heteroatoms. The molecule has 0 amide bonds. The number of benzene rings is 1. The van der Waals surface area contributed by atoms with Crippen molar-refractivity contribution in [2.75, 3.05) is 0 Å². The van der Waals surface area contributed by atoms with Crippen LogP contribution in [-0.2, 0) is 5.54 Å². The van der Waals surface area contributed by atoms with Gasteiger partial charge in [0.05, 0.1) is 0 Å². The highest BCUT2D eigenvalue weighted by molar-refractivity contribution is 6.30. The predicted molar refractivity (Wildman–Crippen MR) is 51.1 cm³/mol. The molecule has 13 heavy (non-hydrogen) atoms. The fraction of sp³-hybridized carbons (Fsp3) is 0.400. The Kier molecular flexibility index (Phi) is 2.05. The first kappa shape index (κ1) is 8.97. The van der Waals surface area contributed by atoms with Crippen molar-refractivity contribution in [3.8, 4) is 0 Å². The number of rotatable bonds is 1. The van der Waals surface area contributed by atoms with E-state index >= 15 is 0 Å². The van der Waals surface area contributed by atoms with E-state index in [9.17, 15) is 4.39 Å². The third kappa shape index (κ3) is 1.45. The van der Waals surface area contributed by atoms with Gasteiger partial charge in [-0.2, -0.15) is 0 Å². The van der Waals surface area contributed by atoms with E-state index < -0.39 is 5.54 Å². The Morgan fingerprint density at radius 1 is 1.38 bits per heavy atom. The van der Waals surface area contributed by atoms with Crippen LogP contribution in [0, 0.1) is 5.82 Å². The maximum atomic E-state index is 13.4. The highest BCUT2D eigenvalue weighted by Gasteiger charge is 2.36. The van der Waals surface area contributed by atoms with Crippen LogP contribution in [0.25, 0.3) is 0 Å². The van der Waals surface area contributed by atoms with Crippen LogP contribution in [0.4, 0.5) is 4.39 Å². The lowest BCUT2D eigenvalue weighted by Gasteiger charge is -2.38. The van der Waals surface area contributed by atoms with Crippen LogP contribution in [0.1, 0.15) is 24.8 Å². The molecule has 0 radical (unpaired) electrons. The normalized spacial score (nSPS) is 19.6. The lowest BCUT2D eigenvalue weighted by atomic mass is 9.72. The van der Waals surface area contributed by atoms with Crippen molar-refractivity contribution >= 4 is 11.6 Å². The van der Waals surface area contributed by atoms with Crippen LogP contribution in [0.3, 0.4) is 0 Å². The SMILES string of the molecule is NC1(c2ccc(Cl)cc2F)CCC1. The molecular weight excluding hydrogens is 189 g/mol. The van der Waals surface area contributed by atoms with Crippen molar-refractivity contribution in [3.63, 3.8) is 0 Å². The van der Waals surface area contributed by atoms with Crippen molar-refractivity contribution in [2.45, 2.75) is 24.8 Å². The van der Waals surface area contributed by atoms with Gasteiger partial charge in [0.15, 0.2) is 0 Å². The van der Waals surface area contributed by atoms with Gasteiger partial charge < -0.3 is 5.73 Å². The summed E-state index contributed by atoms with van der Waals surface area (Å²) in [6.07, 6.45) is 2.82. The minimum absolute atomic E-state index is 0.283. The van der Waals surface area contributed by atoms with Gasteiger partial charge in [-0.15, -0.1) is 0 Å². The average Bonchev–Trinajstić information content (AvgIpc) is 2.00. The summed E-state index contributed by atoms with van der Waals surface area (Å²) in [4.78, 5) is 0. The molecule has 0 heterocycles. The lowest BCUT2D eigenvalue weighted by Crippen LogP contribution is -2.43. The molecule has 1 aromatic rings. The zero-order valence-electron chi connectivity index (χ0n) is 7.19. The fourth-order valence-electron chi connectivity index (χ4n) is 1.72. The largest absolute Gasteiger partial charge is 0.321 e. The van der Waals surface area contributed by atoms with E-state index in [0.29, 0.717) is 10.6 Å². The first-order chi connectivity index (χ1) is 6.12. The zero-order chi connectivity index (χ0) is 9.47. The molecule has 1 nitrogen and oxygen atoms in total. The fourth-order valence-corrected chi connectivity index (χ4v) is 1.88. The summed E-state index contributed by atoms with van der Waals surface area (Å²) in [5.41, 5.74) is 6.16. The Morgan fingerprint density at radius 2 is 2.08 bits per heavy atom. The third-order valence-electron chi connectivity index (χ3n) is 2.71. The second-order valence-corrected chi connectivity index (χ2v) is 4.07. The van der Waals surface area contributed by atoms with Gasteiger partial charge in [0.1, 0.15) is 5.82 Å². The Balaban J connectivity index is 2.40. The molecule has 2 N–H and O–H groups in total. The number of nitrogens with two attached hydrogens (primary N) is 1. The Labute approximate surface area is 81.7 Å². The molecule has 0 aliphatic heterocycles. The number of hydrogen-bond donors (Lipinski definition) is 1. The van der Waals surface area contributed by atoms with Crippen LogP contribution >= 0.6 is 11.6 Å². The monoisotopic (exact) mass is 199 g/mol. The Bertz CT molecular complexity index is 334. The Morgan fingerprint density at radius 3 is 2.54 bits per heavy atom. The first-order valence-corrected chi connectivity index (χ1v) is 4.74. The molecule has 1 aliphatic carbocycles. The van der Waals surface area contributed by atoms with E-state index in [1.807, 2.05) is 0 Å². The van der Waals surface area contributed by atoms with E-state index in [-0.39, 0.29) is 5.82 Å². The summed E-state index contributed by atoms with van der Waals surface area (Å²) in [7, 11) is 0. The van der Waals surface area contributed by atoms with Crippen molar-refractivity contribution in [1.82, 2.24) is 0 Å². The van der Waals surface area contributed by atoms with Gasteiger partial charge in [-0.1, -0.05) is 17.7 Å². The zero-order valence-corrected chi connectivity index (χ0v) is 7.94. The molecule has 70 valence electrons. The molecule has 0 spiro atoms. The number of halogens is 2. The summed E-state index contributed by atoms with van der Waals surface area (Å²) >= 11 is 5.65. The molecule has 1 aliphatic rings. The van der Waals surface area contributed by atoms with E-state index in [0.717, 1.165) is 19.3 Å². The lowest BCUT2D eigenvalue weighted by molar-refractivity contribution is 0.245. The molecule has 0 atom stereocenters. The van der Waals surface area contributed by atoms with Crippen molar-refractivity contribution in [1.29, 1.82) is 0 Å². The third-order valence-corrected chi connectivity index (χ3v) is 2.95. The summed E-state index contributed by atoms with van der Waals surface area (Å²) in [6.45, 7) is 0. The van der Waals surface area contributed by atoms with Gasteiger partial charge in [-0.25, -0.2) is 4.39 Å². The van der Waals surface area contributed by atoms with Gasteiger partial charge in [-0.3, -0.25) is 0 Å². The molecule has 0 saturated heterocycles. The maximum Gasteiger partial charge on any atom is 0.129 e. The minimum atomic E-state index is -0.436. The van der Waals surface area contributed by atoms with Gasteiger partial charge in [0.25, 0.3) is 0 Å². The first-order valence-electron chi connectivity index (χ1n) is 4.36. The van der Waals surface area contributed by atoms with E-state index in [1.165, 1.54) is 6.07 Å². The van der Waals surface area contributed by atoms with Gasteiger partial charge in [-0.05, 0) is 31.4 Å². The van der Waals surface area contributed by atoms with Gasteiger partial charge in [0.2, 0.25) is 0 Å². The van der Waals surface area contributed by atoms with Crippen molar-refractivity contribution in [2.24, 2.45) is 5.73 Å². The molecule has 1 saturated carbocycles.